The van der Waals surface area contributed by atoms with Crippen molar-refractivity contribution in [3.8, 4) is 27.9 Å². The molecule has 11 aromatic rings. The number of fused-ring (bicyclic) bond motifs is 10. The molecule has 2 heterocycles. The van der Waals surface area contributed by atoms with Gasteiger partial charge in [-0.1, -0.05) is 140 Å². The minimum atomic E-state index is 0.312. The molecule has 5 atom stereocenters. The van der Waals surface area contributed by atoms with Crippen LogP contribution in [0.3, 0.4) is 0 Å². The summed E-state index contributed by atoms with van der Waals surface area (Å²) < 4.78 is 8.92. The number of hydrogen-bond donors (Lipinski definition) is 0. The number of para-hydroxylation sites is 3. The van der Waals surface area contributed by atoms with Crippen molar-refractivity contribution >= 4 is 71.6 Å². The Morgan fingerprint density at radius 1 is 0.493 bits per heavy atom. The third kappa shape index (κ3) is 6.24. The number of anilines is 3. The lowest BCUT2D eigenvalue weighted by Gasteiger charge is -2.38. The van der Waals surface area contributed by atoms with Gasteiger partial charge in [0.1, 0.15) is 11.2 Å². The van der Waals surface area contributed by atoms with Gasteiger partial charge in [0.15, 0.2) is 0 Å². The lowest BCUT2D eigenvalue weighted by atomic mass is 9.67. The van der Waals surface area contributed by atoms with E-state index in [0.29, 0.717) is 5.41 Å². The standard InChI is InChI=1S/C64H52N2O/c1-41-34-42-35-47-39-64(38-41,40-48(47)36-42)49-25-31-52(32-26-49)65(51-29-22-45(23-30-51)55-16-9-17-57-56-14-5-7-19-61(56)67-63(55)57)50-27-20-43(21-28-50)46-11-8-12-53(37-46)66-59-18-6-4-15-58(59)62-54-13-3-2-10-44(54)24-33-60(62)66/h2-33,37,41-42,47-48H,34-36,38-40H2,1H3/t41-,42?,47-,48?,64?/m0/s1. The Bertz CT molecular complexity index is 3660. The second kappa shape index (κ2) is 15.1. The Kier molecular flexibility index (Phi) is 8.75. The SMILES string of the molecule is C[C@H]1CC2CC3CC(c4ccc(N(c5ccc(-c6cccc(-n7c8ccccc8c8c9ccccc9ccc87)c6)cc5)c5ccc(-c6cccc7c6oc6ccccc67)cc5)cc4)(C1)C[C@@H]3C2. The molecule has 15 rings (SSSR count). The van der Waals surface area contributed by atoms with Crippen molar-refractivity contribution in [2.75, 3.05) is 4.90 Å². The van der Waals surface area contributed by atoms with Crippen LogP contribution in [0.4, 0.5) is 17.1 Å². The predicted octanol–water partition coefficient (Wildman–Crippen LogP) is 17.7. The van der Waals surface area contributed by atoms with Gasteiger partial charge >= 0.3 is 0 Å². The van der Waals surface area contributed by atoms with E-state index in [2.05, 4.69) is 211 Å². The van der Waals surface area contributed by atoms with Crippen molar-refractivity contribution in [1.29, 1.82) is 0 Å². The minimum absolute atomic E-state index is 0.312. The molecule has 3 heteroatoms. The van der Waals surface area contributed by atoms with Gasteiger partial charge in [0.25, 0.3) is 0 Å². The van der Waals surface area contributed by atoms with E-state index in [1.165, 1.54) is 87.9 Å². The summed E-state index contributed by atoms with van der Waals surface area (Å²) in [5, 5.41) is 7.44. The zero-order valence-corrected chi connectivity index (χ0v) is 37.9. The van der Waals surface area contributed by atoms with Crippen LogP contribution in [-0.2, 0) is 5.41 Å². The van der Waals surface area contributed by atoms with Crippen LogP contribution in [-0.4, -0.2) is 4.57 Å². The average molecular weight is 865 g/mol. The van der Waals surface area contributed by atoms with Crippen molar-refractivity contribution < 1.29 is 4.42 Å². The van der Waals surface area contributed by atoms with E-state index in [-0.39, 0.29) is 0 Å². The van der Waals surface area contributed by atoms with Gasteiger partial charge in [0, 0.05) is 49.9 Å². The summed E-state index contributed by atoms with van der Waals surface area (Å²) >= 11 is 0. The van der Waals surface area contributed by atoms with Crippen LogP contribution < -0.4 is 4.90 Å². The van der Waals surface area contributed by atoms with Gasteiger partial charge in [0.2, 0.25) is 0 Å². The molecule has 67 heavy (non-hydrogen) atoms. The van der Waals surface area contributed by atoms with Crippen LogP contribution in [0.2, 0.25) is 0 Å². The maximum absolute atomic E-state index is 6.48. The van der Waals surface area contributed by atoms with Crippen molar-refractivity contribution in [2.24, 2.45) is 23.7 Å². The van der Waals surface area contributed by atoms with Crippen molar-refractivity contribution in [1.82, 2.24) is 4.57 Å². The largest absolute Gasteiger partial charge is 0.455 e. The summed E-state index contributed by atoms with van der Waals surface area (Å²) in [5.74, 6) is 3.58. The maximum atomic E-state index is 6.48. The van der Waals surface area contributed by atoms with Gasteiger partial charge in [-0.2, -0.15) is 0 Å². The van der Waals surface area contributed by atoms with Crippen LogP contribution in [0.5, 0.6) is 0 Å². The number of nitrogens with zero attached hydrogens (tertiary/aromatic N) is 2. The van der Waals surface area contributed by atoms with Gasteiger partial charge in [-0.3, -0.25) is 0 Å². The number of hydrogen-bond acceptors (Lipinski definition) is 2. The number of benzene rings is 9. The third-order valence-corrected chi connectivity index (χ3v) is 16.4. The first-order valence-corrected chi connectivity index (χ1v) is 24.6. The lowest BCUT2D eigenvalue weighted by Crippen LogP contribution is -2.29. The van der Waals surface area contributed by atoms with Crippen molar-refractivity contribution in [2.45, 2.75) is 50.9 Å². The fraction of sp³-hybridized carbons (Fsp3) is 0.188. The summed E-state index contributed by atoms with van der Waals surface area (Å²) in [6, 6.07) is 74.1. The molecule has 0 amide bonds. The molecule has 3 nitrogen and oxygen atoms in total. The molecule has 0 saturated heterocycles. The second-order valence-corrected chi connectivity index (χ2v) is 20.4. The molecule has 324 valence electrons. The number of aromatic nitrogens is 1. The first kappa shape index (κ1) is 38.9. The van der Waals surface area contributed by atoms with Crippen LogP contribution >= 0.6 is 0 Å². The number of furan rings is 1. The van der Waals surface area contributed by atoms with E-state index < -0.39 is 0 Å². The quantitative estimate of drug-likeness (QED) is 0.159. The Morgan fingerprint density at radius 3 is 1.91 bits per heavy atom. The molecule has 4 bridgehead atoms. The van der Waals surface area contributed by atoms with Gasteiger partial charge in [-0.25, -0.2) is 0 Å². The first-order valence-electron chi connectivity index (χ1n) is 24.6. The molecular weight excluding hydrogens is 813 g/mol. The Hall–Kier alpha value is -7.36. The van der Waals surface area contributed by atoms with Crippen LogP contribution in [0.25, 0.3) is 82.5 Å². The Morgan fingerprint density at radius 2 is 1.13 bits per heavy atom. The van der Waals surface area contributed by atoms with Gasteiger partial charge < -0.3 is 13.9 Å². The second-order valence-electron chi connectivity index (χ2n) is 20.4. The van der Waals surface area contributed by atoms with E-state index in [0.717, 1.165) is 73.8 Å². The zero-order chi connectivity index (χ0) is 44.2. The summed E-state index contributed by atoms with van der Waals surface area (Å²) in [4.78, 5) is 2.43. The molecule has 4 saturated carbocycles. The average Bonchev–Trinajstić information content (AvgIpc) is 4.13. The van der Waals surface area contributed by atoms with E-state index >= 15 is 0 Å². The maximum Gasteiger partial charge on any atom is 0.143 e. The van der Waals surface area contributed by atoms with E-state index in [1.54, 1.807) is 5.56 Å². The molecule has 3 unspecified atom stereocenters. The molecule has 4 fully saturated rings. The molecule has 9 aromatic carbocycles. The highest BCUT2D eigenvalue weighted by Gasteiger charge is 2.52. The summed E-state index contributed by atoms with van der Waals surface area (Å²) in [6.45, 7) is 2.52. The molecule has 0 radical (unpaired) electrons. The fourth-order valence-electron chi connectivity index (χ4n) is 13.8. The van der Waals surface area contributed by atoms with Crippen molar-refractivity contribution in [3.05, 3.63) is 206 Å². The summed E-state index contributed by atoms with van der Waals surface area (Å²) in [6.07, 6.45) is 8.41. The third-order valence-electron chi connectivity index (χ3n) is 16.4. The fourth-order valence-corrected chi connectivity index (χ4v) is 13.8. The first-order chi connectivity index (χ1) is 33.0. The van der Waals surface area contributed by atoms with Crippen LogP contribution in [0, 0.1) is 23.7 Å². The smallest absolute Gasteiger partial charge is 0.143 e. The zero-order valence-electron chi connectivity index (χ0n) is 37.9. The van der Waals surface area contributed by atoms with Crippen LogP contribution in [0.15, 0.2) is 205 Å². The Balaban J connectivity index is 0.843. The number of rotatable bonds is 7. The monoisotopic (exact) mass is 864 g/mol. The van der Waals surface area contributed by atoms with Gasteiger partial charge in [-0.05, 0) is 167 Å². The van der Waals surface area contributed by atoms with E-state index in [1.807, 2.05) is 6.07 Å². The minimum Gasteiger partial charge on any atom is -0.455 e. The molecular formula is C64H52N2O. The Labute approximate surface area is 391 Å². The highest BCUT2D eigenvalue weighted by Crippen LogP contribution is 2.61. The highest BCUT2D eigenvalue weighted by molar-refractivity contribution is 6.21. The topological polar surface area (TPSA) is 21.3 Å². The molecule has 0 aliphatic heterocycles. The van der Waals surface area contributed by atoms with E-state index in [9.17, 15) is 0 Å². The van der Waals surface area contributed by atoms with Gasteiger partial charge in [-0.15, -0.1) is 0 Å². The molecule has 0 spiro atoms. The lowest BCUT2D eigenvalue weighted by molar-refractivity contribution is 0.229. The molecule has 0 N–H and O–H groups in total. The van der Waals surface area contributed by atoms with Crippen molar-refractivity contribution in [3.63, 3.8) is 0 Å². The molecule has 2 aromatic heterocycles. The predicted molar refractivity (Wildman–Crippen MR) is 280 cm³/mol. The molecule has 4 aliphatic rings. The van der Waals surface area contributed by atoms with Gasteiger partial charge in [0.05, 0.1) is 11.0 Å². The normalized spacial score (nSPS) is 21.2. The molecule has 4 aliphatic carbocycles. The summed E-state index contributed by atoms with van der Waals surface area (Å²) in [5.41, 5.74) is 15.4. The summed E-state index contributed by atoms with van der Waals surface area (Å²) in [7, 11) is 0. The highest BCUT2D eigenvalue weighted by atomic mass is 16.3. The van der Waals surface area contributed by atoms with Crippen LogP contribution in [0.1, 0.15) is 51.0 Å². The van der Waals surface area contributed by atoms with E-state index in [4.69, 9.17) is 4.42 Å².